The van der Waals surface area contributed by atoms with E-state index in [1.807, 2.05) is 25.1 Å². The number of hydrogen-bond donors (Lipinski definition) is 1. The zero-order chi connectivity index (χ0) is 9.84. The molecule has 0 aliphatic heterocycles. The molecule has 0 aromatic heterocycles. The van der Waals surface area contributed by atoms with Crippen LogP contribution in [0.5, 0.6) is 0 Å². The van der Waals surface area contributed by atoms with Gasteiger partial charge in [0, 0.05) is 12.1 Å². The summed E-state index contributed by atoms with van der Waals surface area (Å²) in [5.41, 5.74) is 8.35. The first kappa shape index (κ1) is 10.1. The van der Waals surface area contributed by atoms with Crippen molar-refractivity contribution in [3.63, 3.8) is 0 Å². The van der Waals surface area contributed by atoms with Crippen LogP contribution in [-0.2, 0) is 11.2 Å². The lowest BCUT2D eigenvalue weighted by molar-refractivity contribution is -0.116. The molecule has 1 aromatic carbocycles. The second-order valence-electron chi connectivity index (χ2n) is 3.00. The lowest BCUT2D eigenvalue weighted by Gasteiger charge is -2.06. The maximum absolute atomic E-state index is 11.1. The van der Waals surface area contributed by atoms with Crippen LogP contribution in [0, 0.1) is 6.92 Å². The molecule has 2 nitrogen and oxygen atoms in total. The lowest BCUT2D eigenvalue weighted by Crippen LogP contribution is -2.06. The van der Waals surface area contributed by atoms with Crippen molar-refractivity contribution in [2.75, 3.05) is 11.6 Å². The summed E-state index contributed by atoms with van der Waals surface area (Å²) in [7, 11) is 0. The number of nitrogens with two attached hydrogens (primary N) is 1. The average Bonchev–Trinajstić information content (AvgIpc) is 2.13. The molecular weight excluding hydrogens is 186 g/mol. The third kappa shape index (κ3) is 2.46. The monoisotopic (exact) mass is 197 g/mol. The van der Waals surface area contributed by atoms with Gasteiger partial charge in [-0.15, -0.1) is 11.6 Å². The van der Waals surface area contributed by atoms with Gasteiger partial charge in [0.05, 0.1) is 5.88 Å². The number of benzene rings is 1. The summed E-state index contributed by atoms with van der Waals surface area (Å²) in [5, 5.41) is 0. The Labute approximate surface area is 82.7 Å². The number of aryl methyl sites for hydroxylation is 1. The Morgan fingerprint density at radius 1 is 1.54 bits per heavy atom. The summed E-state index contributed by atoms with van der Waals surface area (Å²) in [5.74, 6) is 0.0480. The molecule has 0 bridgehead atoms. The quantitative estimate of drug-likeness (QED) is 0.595. The molecule has 0 amide bonds. The van der Waals surface area contributed by atoms with E-state index in [-0.39, 0.29) is 11.7 Å². The molecule has 0 aliphatic carbocycles. The first-order chi connectivity index (χ1) is 6.15. The Morgan fingerprint density at radius 3 is 2.85 bits per heavy atom. The van der Waals surface area contributed by atoms with E-state index in [2.05, 4.69) is 0 Å². The molecule has 0 saturated heterocycles. The van der Waals surface area contributed by atoms with E-state index >= 15 is 0 Å². The number of ketones is 1. The van der Waals surface area contributed by atoms with Crippen LogP contribution in [0.2, 0.25) is 0 Å². The number of para-hydroxylation sites is 1. The molecule has 70 valence electrons. The van der Waals surface area contributed by atoms with Crippen molar-refractivity contribution in [2.45, 2.75) is 13.3 Å². The Hall–Kier alpha value is -1.02. The van der Waals surface area contributed by atoms with Crippen LogP contribution in [0.1, 0.15) is 11.1 Å². The van der Waals surface area contributed by atoms with Gasteiger partial charge in [-0.2, -0.15) is 0 Å². The first-order valence-corrected chi connectivity index (χ1v) is 4.60. The summed E-state index contributed by atoms with van der Waals surface area (Å²) in [6.07, 6.45) is 0.330. The van der Waals surface area contributed by atoms with Crippen LogP contribution >= 0.6 is 11.6 Å². The number of carbonyl (C=O) groups is 1. The average molecular weight is 198 g/mol. The number of halogens is 1. The molecular formula is C10H12ClNO. The second kappa shape index (κ2) is 4.28. The van der Waals surface area contributed by atoms with E-state index in [1.54, 1.807) is 0 Å². The van der Waals surface area contributed by atoms with E-state index in [4.69, 9.17) is 17.3 Å². The van der Waals surface area contributed by atoms with E-state index in [0.717, 1.165) is 11.1 Å². The fourth-order valence-electron chi connectivity index (χ4n) is 1.16. The Bertz CT molecular complexity index is 323. The summed E-state index contributed by atoms with van der Waals surface area (Å²) in [6, 6.07) is 5.67. The topological polar surface area (TPSA) is 43.1 Å². The van der Waals surface area contributed by atoms with Gasteiger partial charge >= 0.3 is 0 Å². The van der Waals surface area contributed by atoms with Gasteiger partial charge in [0.1, 0.15) is 0 Å². The fraction of sp³-hybridized carbons (Fsp3) is 0.300. The van der Waals surface area contributed by atoms with Crippen molar-refractivity contribution >= 4 is 23.1 Å². The maximum Gasteiger partial charge on any atom is 0.152 e. The summed E-state index contributed by atoms with van der Waals surface area (Å²) < 4.78 is 0. The molecule has 0 spiro atoms. The van der Waals surface area contributed by atoms with Gasteiger partial charge in [0.15, 0.2) is 5.78 Å². The van der Waals surface area contributed by atoms with Crippen LogP contribution in [0.15, 0.2) is 18.2 Å². The fourth-order valence-corrected chi connectivity index (χ4v) is 1.25. The minimum absolute atomic E-state index is 0.000957. The number of rotatable bonds is 3. The molecule has 0 aliphatic rings. The van der Waals surface area contributed by atoms with Crippen molar-refractivity contribution in [1.82, 2.24) is 0 Å². The summed E-state index contributed by atoms with van der Waals surface area (Å²) in [6.45, 7) is 1.92. The van der Waals surface area contributed by atoms with Crippen molar-refractivity contribution < 1.29 is 4.79 Å². The minimum atomic E-state index is -0.000957. The molecule has 0 heterocycles. The highest BCUT2D eigenvalue weighted by atomic mass is 35.5. The smallest absolute Gasteiger partial charge is 0.152 e. The van der Waals surface area contributed by atoms with E-state index in [1.165, 1.54) is 0 Å². The largest absolute Gasteiger partial charge is 0.398 e. The van der Waals surface area contributed by atoms with Crippen molar-refractivity contribution in [1.29, 1.82) is 0 Å². The predicted octanol–water partition coefficient (Wildman–Crippen LogP) is 1.93. The third-order valence-corrected chi connectivity index (χ3v) is 2.25. The van der Waals surface area contributed by atoms with Crippen LogP contribution in [0.3, 0.4) is 0 Å². The second-order valence-corrected chi connectivity index (χ2v) is 3.26. The number of Topliss-reactive ketones (excluding diaryl/α,β-unsaturated/α-hetero) is 1. The highest BCUT2D eigenvalue weighted by Gasteiger charge is 2.06. The first-order valence-electron chi connectivity index (χ1n) is 4.06. The minimum Gasteiger partial charge on any atom is -0.398 e. The lowest BCUT2D eigenvalue weighted by atomic mass is 10.0. The van der Waals surface area contributed by atoms with Crippen LogP contribution in [-0.4, -0.2) is 11.7 Å². The SMILES string of the molecule is Cc1cccc(CC(=O)CCl)c1N. The molecule has 3 heteroatoms. The molecule has 2 N–H and O–H groups in total. The standard InChI is InChI=1S/C10H12ClNO/c1-7-3-2-4-8(10(7)12)5-9(13)6-11/h2-4H,5-6,12H2,1H3. The molecule has 0 radical (unpaired) electrons. The van der Waals surface area contributed by atoms with Crippen molar-refractivity contribution in [3.8, 4) is 0 Å². The molecule has 0 fully saturated rings. The molecule has 0 unspecified atom stereocenters. The van der Waals surface area contributed by atoms with E-state index in [0.29, 0.717) is 12.1 Å². The molecule has 1 aromatic rings. The molecule has 13 heavy (non-hydrogen) atoms. The van der Waals surface area contributed by atoms with Crippen molar-refractivity contribution in [3.05, 3.63) is 29.3 Å². The van der Waals surface area contributed by atoms with Crippen LogP contribution < -0.4 is 5.73 Å². The highest BCUT2D eigenvalue weighted by molar-refractivity contribution is 6.27. The number of anilines is 1. The number of carbonyl (C=O) groups excluding carboxylic acids is 1. The summed E-state index contributed by atoms with van der Waals surface area (Å²) >= 11 is 5.40. The van der Waals surface area contributed by atoms with Gasteiger partial charge in [-0.3, -0.25) is 4.79 Å². The Morgan fingerprint density at radius 2 is 2.23 bits per heavy atom. The number of alkyl halides is 1. The van der Waals surface area contributed by atoms with Gasteiger partial charge in [-0.1, -0.05) is 18.2 Å². The highest BCUT2D eigenvalue weighted by Crippen LogP contribution is 2.17. The Kier molecular flexibility index (Phi) is 3.32. The maximum atomic E-state index is 11.1. The van der Waals surface area contributed by atoms with Gasteiger partial charge in [0.2, 0.25) is 0 Å². The number of hydrogen-bond acceptors (Lipinski definition) is 2. The molecule has 0 atom stereocenters. The van der Waals surface area contributed by atoms with Crippen molar-refractivity contribution in [2.24, 2.45) is 0 Å². The zero-order valence-corrected chi connectivity index (χ0v) is 8.27. The van der Waals surface area contributed by atoms with Gasteiger partial charge < -0.3 is 5.73 Å². The normalized spacial score (nSPS) is 10.0. The molecule has 0 saturated carbocycles. The van der Waals surface area contributed by atoms with E-state index in [9.17, 15) is 4.79 Å². The van der Waals surface area contributed by atoms with E-state index < -0.39 is 0 Å². The zero-order valence-electron chi connectivity index (χ0n) is 7.51. The van der Waals surface area contributed by atoms with Gasteiger partial charge in [0.25, 0.3) is 0 Å². The third-order valence-electron chi connectivity index (χ3n) is 1.95. The molecule has 1 rings (SSSR count). The summed E-state index contributed by atoms with van der Waals surface area (Å²) in [4.78, 5) is 11.1. The van der Waals surface area contributed by atoms with Crippen LogP contribution in [0.25, 0.3) is 0 Å². The predicted molar refractivity (Wildman–Crippen MR) is 55.0 cm³/mol. The van der Waals surface area contributed by atoms with Gasteiger partial charge in [-0.05, 0) is 18.1 Å². The van der Waals surface area contributed by atoms with Gasteiger partial charge in [-0.25, -0.2) is 0 Å². The Balaban J connectivity index is 2.89. The van der Waals surface area contributed by atoms with Crippen LogP contribution in [0.4, 0.5) is 5.69 Å². The number of nitrogen functional groups attached to an aromatic ring is 1.